The van der Waals surface area contributed by atoms with E-state index >= 15 is 0 Å². The molecule has 0 heterocycles. The number of rotatable bonds is 2. The van der Waals surface area contributed by atoms with Crippen LogP contribution in [0.1, 0.15) is 33.4 Å². The van der Waals surface area contributed by atoms with Crippen LogP contribution in [0.3, 0.4) is 0 Å². The van der Waals surface area contributed by atoms with Gasteiger partial charge in [0.15, 0.2) is 0 Å². The highest BCUT2D eigenvalue weighted by molar-refractivity contribution is 7.81. The molecule has 2 aromatic rings. The fourth-order valence-corrected chi connectivity index (χ4v) is 2.58. The summed E-state index contributed by atoms with van der Waals surface area (Å²) in [6, 6.07) is 12.7. The molecule has 0 aliphatic carbocycles. The standard InChI is InChI=1S/C17H18S/c1-11-7-5-9-15(13(11)3)17(18)16-10-6-8-12(2)14(16)4/h5-10H,1-4H3. The van der Waals surface area contributed by atoms with Crippen LogP contribution in [-0.2, 0) is 0 Å². The van der Waals surface area contributed by atoms with E-state index in [1.807, 2.05) is 0 Å². The van der Waals surface area contributed by atoms with Crippen molar-refractivity contribution in [1.82, 2.24) is 0 Å². The van der Waals surface area contributed by atoms with Crippen LogP contribution < -0.4 is 0 Å². The molecule has 0 radical (unpaired) electrons. The maximum atomic E-state index is 5.68. The summed E-state index contributed by atoms with van der Waals surface area (Å²) < 4.78 is 0. The summed E-state index contributed by atoms with van der Waals surface area (Å²) in [5, 5.41) is 0. The topological polar surface area (TPSA) is 0 Å². The van der Waals surface area contributed by atoms with Gasteiger partial charge < -0.3 is 0 Å². The normalized spacial score (nSPS) is 10.4. The Morgan fingerprint density at radius 1 is 0.722 bits per heavy atom. The van der Waals surface area contributed by atoms with Crippen molar-refractivity contribution in [1.29, 1.82) is 0 Å². The predicted octanol–water partition coefficient (Wildman–Crippen LogP) is 4.69. The maximum Gasteiger partial charge on any atom is 0.0527 e. The Balaban J connectivity index is 2.55. The van der Waals surface area contributed by atoms with Crippen LogP contribution in [0.15, 0.2) is 36.4 Å². The van der Waals surface area contributed by atoms with E-state index in [1.165, 1.54) is 33.4 Å². The fourth-order valence-electron chi connectivity index (χ4n) is 2.14. The van der Waals surface area contributed by atoms with Crippen LogP contribution in [0.2, 0.25) is 0 Å². The van der Waals surface area contributed by atoms with Gasteiger partial charge in [0.1, 0.15) is 0 Å². The quantitative estimate of drug-likeness (QED) is 0.553. The lowest BCUT2D eigenvalue weighted by molar-refractivity contribution is 1.31. The maximum absolute atomic E-state index is 5.68. The Bertz CT molecular complexity index is 556. The Labute approximate surface area is 115 Å². The highest BCUT2D eigenvalue weighted by Gasteiger charge is 2.11. The second-order valence-electron chi connectivity index (χ2n) is 4.82. The van der Waals surface area contributed by atoms with E-state index in [-0.39, 0.29) is 0 Å². The van der Waals surface area contributed by atoms with Crippen molar-refractivity contribution in [3.8, 4) is 0 Å². The molecule has 1 heteroatoms. The van der Waals surface area contributed by atoms with Crippen LogP contribution in [-0.4, -0.2) is 4.86 Å². The van der Waals surface area contributed by atoms with Gasteiger partial charge in [0, 0.05) is 0 Å². The average molecular weight is 254 g/mol. The number of hydrogen-bond acceptors (Lipinski definition) is 1. The van der Waals surface area contributed by atoms with E-state index in [9.17, 15) is 0 Å². The molecule has 0 nitrogen and oxygen atoms in total. The summed E-state index contributed by atoms with van der Waals surface area (Å²) in [6.45, 7) is 8.54. The van der Waals surface area contributed by atoms with Gasteiger partial charge in [0.05, 0.1) is 4.86 Å². The van der Waals surface area contributed by atoms with E-state index in [0.29, 0.717) is 0 Å². The molecule has 0 unspecified atom stereocenters. The molecule has 0 aromatic heterocycles. The lowest BCUT2D eigenvalue weighted by atomic mass is 9.93. The van der Waals surface area contributed by atoms with Gasteiger partial charge in [0.25, 0.3) is 0 Å². The van der Waals surface area contributed by atoms with Crippen LogP contribution >= 0.6 is 12.2 Å². The molecule has 18 heavy (non-hydrogen) atoms. The summed E-state index contributed by atoms with van der Waals surface area (Å²) in [6.07, 6.45) is 0. The zero-order valence-corrected chi connectivity index (χ0v) is 12.2. The summed E-state index contributed by atoms with van der Waals surface area (Å²) >= 11 is 5.68. The monoisotopic (exact) mass is 254 g/mol. The van der Waals surface area contributed by atoms with Crippen molar-refractivity contribution in [2.45, 2.75) is 27.7 Å². The van der Waals surface area contributed by atoms with Gasteiger partial charge in [-0.25, -0.2) is 0 Å². The highest BCUT2D eigenvalue weighted by Crippen LogP contribution is 2.21. The smallest absolute Gasteiger partial charge is 0.0527 e. The Morgan fingerprint density at radius 3 is 1.50 bits per heavy atom. The molecule has 0 saturated heterocycles. The number of aryl methyl sites for hydroxylation is 2. The zero-order chi connectivity index (χ0) is 13.3. The SMILES string of the molecule is Cc1cccc(C(=S)c2cccc(C)c2C)c1C. The lowest BCUT2D eigenvalue weighted by Crippen LogP contribution is -2.06. The second kappa shape index (κ2) is 5.03. The molecular weight excluding hydrogens is 236 g/mol. The minimum atomic E-state index is 0.956. The van der Waals surface area contributed by atoms with Gasteiger partial charge in [-0.05, 0) is 61.1 Å². The molecule has 92 valence electrons. The van der Waals surface area contributed by atoms with Crippen molar-refractivity contribution in [3.05, 3.63) is 69.8 Å². The van der Waals surface area contributed by atoms with Crippen LogP contribution in [0.4, 0.5) is 0 Å². The third-order valence-electron chi connectivity index (χ3n) is 3.70. The van der Waals surface area contributed by atoms with Gasteiger partial charge in [-0.15, -0.1) is 0 Å². The second-order valence-corrected chi connectivity index (χ2v) is 5.23. The molecule has 0 aliphatic rings. The molecule has 0 fully saturated rings. The first-order chi connectivity index (χ1) is 8.52. The number of thiocarbonyl (C=S) groups is 1. The molecule has 0 bridgehead atoms. The van der Waals surface area contributed by atoms with E-state index in [2.05, 4.69) is 64.1 Å². The molecule has 2 aromatic carbocycles. The van der Waals surface area contributed by atoms with E-state index in [4.69, 9.17) is 12.2 Å². The molecule has 2 rings (SSSR count). The van der Waals surface area contributed by atoms with Gasteiger partial charge in [-0.3, -0.25) is 0 Å². The number of benzene rings is 2. The first kappa shape index (κ1) is 13.0. The third-order valence-corrected chi connectivity index (χ3v) is 4.14. The first-order valence-electron chi connectivity index (χ1n) is 6.19. The summed E-state index contributed by atoms with van der Waals surface area (Å²) in [5.41, 5.74) is 7.50. The molecule has 0 atom stereocenters. The zero-order valence-electron chi connectivity index (χ0n) is 11.4. The van der Waals surface area contributed by atoms with Gasteiger partial charge in [-0.1, -0.05) is 48.6 Å². The van der Waals surface area contributed by atoms with Crippen LogP contribution in [0.5, 0.6) is 0 Å². The Hall–Kier alpha value is -1.47. The molecule has 0 amide bonds. The van der Waals surface area contributed by atoms with Gasteiger partial charge >= 0.3 is 0 Å². The molecule has 0 aliphatic heterocycles. The van der Waals surface area contributed by atoms with Gasteiger partial charge in [-0.2, -0.15) is 0 Å². The molecule has 0 saturated carbocycles. The molecule has 0 N–H and O–H groups in total. The summed E-state index contributed by atoms with van der Waals surface area (Å²) in [4.78, 5) is 0.956. The van der Waals surface area contributed by atoms with Gasteiger partial charge in [0.2, 0.25) is 0 Å². The molecular formula is C17H18S. The van der Waals surface area contributed by atoms with Crippen LogP contribution in [0, 0.1) is 27.7 Å². The minimum absolute atomic E-state index is 0.956. The van der Waals surface area contributed by atoms with Crippen molar-refractivity contribution < 1.29 is 0 Å². The third kappa shape index (κ3) is 2.23. The van der Waals surface area contributed by atoms with E-state index in [1.54, 1.807) is 0 Å². The van der Waals surface area contributed by atoms with Crippen molar-refractivity contribution >= 4 is 17.1 Å². The van der Waals surface area contributed by atoms with E-state index in [0.717, 1.165) is 4.86 Å². The highest BCUT2D eigenvalue weighted by atomic mass is 32.1. The largest absolute Gasteiger partial charge is 0.0788 e. The van der Waals surface area contributed by atoms with Crippen molar-refractivity contribution in [2.75, 3.05) is 0 Å². The lowest BCUT2D eigenvalue weighted by Gasteiger charge is -2.13. The van der Waals surface area contributed by atoms with E-state index < -0.39 is 0 Å². The first-order valence-corrected chi connectivity index (χ1v) is 6.60. The summed E-state index contributed by atoms with van der Waals surface area (Å²) in [7, 11) is 0. The Kier molecular flexibility index (Phi) is 3.63. The average Bonchev–Trinajstić information content (AvgIpc) is 2.35. The Morgan fingerprint density at radius 2 is 1.11 bits per heavy atom. The fraction of sp³-hybridized carbons (Fsp3) is 0.235. The van der Waals surface area contributed by atoms with Crippen molar-refractivity contribution in [3.63, 3.8) is 0 Å². The molecule has 0 spiro atoms. The number of hydrogen-bond donors (Lipinski definition) is 0. The van der Waals surface area contributed by atoms with Crippen molar-refractivity contribution in [2.24, 2.45) is 0 Å². The predicted molar refractivity (Wildman–Crippen MR) is 82.6 cm³/mol. The van der Waals surface area contributed by atoms with Crippen LogP contribution in [0.25, 0.3) is 0 Å². The minimum Gasteiger partial charge on any atom is -0.0788 e. The summed E-state index contributed by atoms with van der Waals surface area (Å²) in [5.74, 6) is 0.